The summed E-state index contributed by atoms with van der Waals surface area (Å²) in [5, 5.41) is 9.32. The molecule has 144 valence electrons. The molecule has 0 fully saturated rings. The van der Waals surface area contributed by atoms with Crippen LogP contribution in [0.4, 0.5) is 11.5 Å². The number of halogens is 2. The van der Waals surface area contributed by atoms with Crippen molar-refractivity contribution >= 4 is 42.2 Å². The van der Waals surface area contributed by atoms with Crippen LogP contribution in [0.15, 0.2) is 42.6 Å². The molecule has 0 unspecified atom stereocenters. The smallest absolute Gasteiger partial charge is 0.255 e. The maximum Gasteiger partial charge on any atom is 0.255 e. The Balaban J connectivity index is 0.00000312. The second kappa shape index (κ2) is 13.2. The third-order valence-corrected chi connectivity index (χ3v) is 3.43. The number of pyridine rings is 1. The first-order valence-electron chi connectivity index (χ1n) is 8.10. The summed E-state index contributed by atoms with van der Waals surface area (Å²) in [6, 6.07) is 11.0. The Morgan fingerprint density at radius 2 is 1.85 bits per heavy atom. The van der Waals surface area contributed by atoms with E-state index >= 15 is 0 Å². The van der Waals surface area contributed by atoms with E-state index in [0.717, 1.165) is 25.2 Å². The zero-order chi connectivity index (χ0) is 17.2. The average Bonchev–Trinajstić information content (AvgIpc) is 2.62. The minimum absolute atomic E-state index is 0. The van der Waals surface area contributed by atoms with Gasteiger partial charge in [0.15, 0.2) is 0 Å². The highest BCUT2D eigenvalue weighted by molar-refractivity contribution is 5.99. The molecule has 0 aliphatic heterocycles. The van der Waals surface area contributed by atoms with Crippen LogP contribution in [0.1, 0.15) is 23.7 Å². The van der Waals surface area contributed by atoms with Gasteiger partial charge in [-0.05, 0) is 37.2 Å². The number of benzene rings is 1. The number of nitrogens with zero attached hydrogens (tertiary/aromatic N) is 1. The van der Waals surface area contributed by atoms with E-state index in [1.807, 2.05) is 24.3 Å². The number of methoxy groups -OCH3 is 1. The molecule has 0 saturated heterocycles. The second-order valence-corrected chi connectivity index (χ2v) is 5.23. The van der Waals surface area contributed by atoms with Gasteiger partial charge >= 0.3 is 0 Å². The highest BCUT2D eigenvalue weighted by Gasteiger charge is 2.13. The van der Waals surface area contributed by atoms with Gasteiger partial charge in [0.1, 0.15) is 11.6 Å². The summed E-state index contributed by atoms with van der Waals surface area (Å²) >= 11 is 0. The van der Waals surface area contributed by atoms with Crippen molar-refractivity contribution in [3.8, 4) is 5.75 Å². The number of hydrogen-bond acceptors (Lipinski definition) is 5. The van der Waals surface area contributed by atoms with Crippen LogP contribution in [-0.2, 0) is 0 Å². The lowest BCUT2D eigenvalue weighted by Gasteiger charge is -2.13. The molecule has 0 spiro atoms. The number of nitrogens with one attached hydrogen (secondary N) is 3. The third kappa shape index (κ3) is 7.07. The summed E-state index contributed by atoms with van der Waals surface area (Å²) in [4.78, 5) is 16.7. The Bertz CT molecular complexity index is 671. The molecule has 2 aromatic rings. The molecule has 0 aliphatic carbocycles. The second-order valence-electron chi connectivity index (χ2n) is 5.23. The number of amides is 1. The number of aromatic nitrogens is 1. The summed E-state index contributed by atoms with van der Waals surface area (Å²) < 4.78 is 5.32. The molecule has 6 nitrogen and oxygen atoms in total. The maximum absolute atomic E-state index is 12.4. The van der Waals surface area contributed by atoms with Crippen molar-refractivity contribution in [3.63, 3.8) is 0 Å². The summed E-state index contributed by atoms with van der Waals surface area (Å²) in [6.45, 7) is 4.37. The van der Waals surface area contributed by atoms with Crippen LogP contribution >= 0.6 is 24.8 Å². The first kappa shape index (κ1) is 24.0. The Morgan fingerprint density at radius 3 is 2.58 bits per heavy atom. The van der Waals surface area contributed by atoms with Gasteiger partial charge in [0.05, 0.1) is 18.4 Å². The van der Waals surface area contributed by atoms with Gasteiger partial charge < -0.3 is 20.7 Å². The molecule has 0 aliphatic rings. The fraction of sp³-hybridized carbons (Fsp3) is 0.333. The molecule has 1 aromatic heterocycles. The lowest BCUT2D eigenvalue weighted by molar-refractivity contribution is 0.0954. The molecule has 3 N–H and O–H groups in total. The zero-order valence-corrected chi connectivity index (χ0v) is 16.6. The normalized spacial score (nSPS) is 9.46. The molecular formula is C18H26Cl2N4O2. The molecule has 0 atom stereocenters. The molecule has 1 aromatic carbocycles. The van der Waals surface area contributed by atoms with Gasteiger partial charge in [-0.3, -0.25) is 4.79 Å². The number of rotatable bonds is 9. The van der Waals surface area contributed by atoms with Crippen molar-refractivity contribution < 1.29 is 9.53 Å². The van der Waals surface area contributed by atoms with Crippen molar-refractivity contribution in [1.29, 1.82) is 0 Å². The molecular weight excluding hydrogens is 375 g/mol. The summed E-state index contributed by atoms with van der Waals surface area (Å²) in [5.74, 6) is 1.04. The van der Waals surface area contributed by atoms with E-state index in [2.05, 4.69) is 27.9 Å². The first-order valence-corrected chi connectivity index (χ1v) is 8.10. The first-order chi connectivity index (χ1) is 11.8. The minimum atomic E-state index is -0.154. The number of carbonyl (C=O) groups excluding carboxylic acids is 1. The van der Waals surface area contributed by atoms with Crippen LogP contribution in [0.5, 0.6) is 5.75 Å². The number of hydrogen-bond donors (Lipinski definition) is 3. The summed E-state index contributed by atoms with van der Waals surface area (Å²) in [7, 11) is 1.61. The largest absolute Gasteiger partial charge is 0.495 e. The summed E-state index contributed by atoms with van der Waals surface area (Å²) in [5.41, 5.74) is 1.26. The monoisotopic (exact) mass is 400 g/mol. The zero-order valence-electron chi connectivity index (χ0n) is 15.0. The van der Waals surface area contributed by atoms with Crippen LogP contribution in [0, 0.1) is 0 Å². The van der Waals surface area contributed by atoms with Crippen molar-refractivity contribution in [1.82, 2.24) is 15.6 Å². The standard InChI is InChI=1S/C18H24N4O2.2ClH/c1-3-10-19-12-13-21-18(23)14-7-6-11-20-17(14)22-15-8-4-5-9-16(15)24-2;;/h4-9,11,19H,3,10,12-13H2,1-2H3,(H,20,22)(H,21,23);2*1H. The van der Waals surface area contributed by atoms with Crippen LogP contribution in [0.3, 0.4) is 0 Å². The lowest BCUT2D eigenvalue weighted by Crippen LogP contribution is -2.32. The summed E-state index contributed by atoms with van der Waals surface area (Å²) in [6.07, 6.45) is 2.72. The predicted octanol–water partition coefficient (Wildman–Crippen LogP) is 3.41. The fourth-order valence-electron chi connectivity index (χ4n) is 2.23. The van der Waals surface area contributed by atoms with Gasteiger partial charge in [0.25, 0.3) is 5.91 Å². The lowest BCUT2D eigenvalue weighted by atomic mass is 10.2. The van der Waals surface area contributed by atoms with E-state index in [1.165, 1.54) is 0 Å². The Hall–Kier alpha value is -2.02. The van der Waals surface area contributed by atoms with Crippen molar-refractivity contribution in [2.24, 2.45) is 0 Å². The number of anilines is 2. The highest BCUT2D eigenvalue weighted by Crippen LogP contribution is 2.27. The molecule has 1 heterocycles. The highest BCUT2D eigenvalue weighted by atomic mass is 35.5. The van der Waals surface area contributed by atoms with Crippen LogP contribution in [0.25, 0.3) is 0 Å². The van der Waals surface area contributed by atoms with E-state index in [1.54, 1.807) is 25.4 Å². The SMILES string of the molecule is CCCNCCNC(=O)c1cccnc1Nc1ccccc1OC.Cl.Cl. The van der Waals surface area contributed by atoms with E-state index in [-0.39, 0.29) is 30.7 Å². The minimum Gasteiger partial charge on any atom is -0.495 e. The number of ether oxygens (including phenoxy) is 1. The molecule has 2 rings (SSSR count). The van der Waals surface area contributed by atoms with Gasteiger partial charge in [0.2, 0.25) is 0 Å². The van der Waals surface area contributed by atoms with E-state index in [9.17, 15) is 4.79 Å². The van der Waals surface area contributed by atoms with Gasteiger partial charge in [0, 0.05) is 19.3 Å². The quantitative estimate of drug-likeness (QED) is 0.562. The van der Waals surface area contributed by atoms with Gasteiger partial charge in [-0.1, -0.05) is 19.1 Å². The number of carbonyl (C=O) groups is 1. The predicted molar refractivity (Wildman–Crippen MR) is 111 cm³/mol. The van der Waals surface area contributed by atoms with Crippen molar-refractivity contribution in [2.75, 3.05) is 32.1 Å². The van der Waals surface area contributed by atoms with Crippen LogP contribution < -0.4 is 20.7 Å². The molecule has 8 heteroatoms. The van der Waals surface area contributed by atoms with Crippen LogP contribution in [-0.4, -0.2) is 37.6 Å². The van der Waals surface area contributed by atoms with E-state index < -0.39 is 0 Å². The number of para-hydroxylation sites is 2. The van der Waals surface area contributed by atoms with Crippen LogP contribution in [0.2, 0.25) is 0 Å². The third-order valence-electron chi connectivity index (χ3n) is 3.43. The Labute approximate surface area is 166 Å². The van der Waals surface area contributed by atoms with Gasteiger partial charge in [-0.2, -0.15) is 0 Å². The molecule has 1 amide bonds. The molecule has 0 radical (unpaired) electrons. The van der Waals surface area contributed by atoms with Gasteiger partial charge in [-0.25, -0.2) is 4.98 Å². The fourth-order valence-corrected chi connectivity index (χ4v) is 2.23. The van der Waals surface area contributed by atoms with E-state index in [4.69, 9.17) is 4.74 Å². The molecule has 0 bridgehead atoms. The van der Waals surface area contributed by atoms with Crippen molar-refractivity contribution in [3.05, 3.63) is 48.2 Å². The Kier molecular flexibility index (Phi) is 12.2. The Morgan fingerprint density at radius 1 is 1.08 bits per heavy atom. The maximum atomic E-state index is 12.4. The molecule has 0 saturated carbocycles. The van der Waals surface area contributed by atoms with Gasteiger partial charge in [-0.15, -0.1) is 24.8 Å². The average molecular weight is 401 g/mol. The molecule has 26 heavy (non-hydrogen) atoms. The van der Waals surface area contributed by atoms with Crippen molar-refractivity contribution in [2.45, 2.75) is 13.3 Å². The van der Waals surface area contributed by atoms with E-state index in [0.29, 0.717) is 23.7 Å². The topological polar surface area (TPSA) is 75.3 Å².